The van der Waals surface area contributed by atoms with Crippen LogP contribution in [0.25, 0.3) is 0 Å². The maximum Gasteiger partial charge on any atom is 0.472 e. The van der Waals surface area contributed by atoms with Crippen LogP contribution in [0.3, 0.4) is 0 Å². The number of ether oxygens (including phenoxy) is 1. The molecule has 0 saturated carbocycles. The fourth-order valence-corrected chi connectivity index (χ4v) is 6.70. The smallest absolute Gasteiger partial charge is 0.463 e. The van der Waals surface area contributed by atoms with Gasteiger partial charge in [-0.05, 0) is 109 Å². The Bertz CT molecular complexity index is 1520. The van der Waals surface area contributed by atoms with Crippen molar-refractivity contribution in [1.82, 2.24) is 5.32 Å². The second-order valence-corrected chi connectivity index (χ2v) is 17.1. The molecule has 0 aromatic rings. The highest BCUT2D eigenvalue weighted by molar-refractivity contribution is 7.47. The van der Waals surface area contributed by atoms with Gasteiger partial charge in [-0.25, -0.2) is 4.57 Å². The molecule has 0 aliphatic rings. The molecule has 1 amide bonds. The van der Waals surface area contributed by atoms with Gasteiger partial charge in [-0.3, -0.25) is 18.6 Å². The molecule has 0 radical (unpaired) electrons. The van der Waals surface area contributed by atoms with Gasteiger partial charge in [-0.1, -0.05) is 180 Å². The van der Waals surface area contributed by atoms with Crippen LogP contribution in [-0.4, -0.2) is 54.3 Å². The van der Waals surface area contributed by atoms with Gasteiger partial charge in [0.1, 0.15) is 12.7 Å². The Morgan fingerprint density at radius 2 is 0.831 bits per heavy atom. The lowest BCUT2D eigenvalue weighted by atomic mass is 10.1. The second kappa shape index (κ2) is 49.6. The summed E-state index contributed by atoms with van der Waals surface area (Å²) < 4.78 is 26.9. The molecule has 0 heterocycles. The molecule has 0 fully saturated rings. The number of nitrogens with one attached hydrogen (secondary N) is 1. The minimum absolute atomic E-state index is 0.0475. The van der Waals surface area contributed by atoms with E-state index in [2.05, 4.69) is 153 Å². The van der Waals surface area contributed by atoms with Crippen molar-refractivity contribution in [3.05, 3.63) is 134 Å². The number of allylic oxidation sites excluding steroid dienone is 22. The lowest BCUT2D eigenvalue weighted by Gasteiger charge is -2.15. The van der Waals surface area contributed by atoms with E-state index in [-0.39, 0.29) is 32.1 Å². The van der Waals surface area contributed by atoms with E-state index >= 15 is 0 Å². The summed E-state index contributed by atoms with van der Waals surface area (Å²) in [5.74, 6) is -0.583. The van der Waals surface area contributed by atoms with Gasteiger partial charge < -0.3 is 20.1 Å². The molecule has 9 nitrogen and oxygen atoms in total. The molecule has 0 rings (SSSR count). The van der Waals surface area contributed by atoms with Gasteiger partial charge in [-0.15, -0.1) is 0 Å². The van der Waals surface area contributed by atoms with Gasteiger partial charge in [0.05, 0.1) is 13.2 Å². The zero-order valence-corrected chi connectivity index (χ0v) is 41.3. The fraction of sp³-hybridized carbons (Fsp3) is 0.564. The Labute approximate surface area is 395 Å². The lowest BCUT2D eigenvalue weighted by Crippen LogP contribution is -2.27. The second-order valence-electron chi connectivity index (χ2n) is 15.7. The summed E-state index contributed by atoms with van der Waals surface area (Å²) in [5, 5.41) is 12.7. The molecule has 0 aliphatic heterocycles. The van der Waals surface area contributed by atoms with Crippen LogP contribution >= 0.6 is 7.82 Å². The zero-order valence-electron chi connectivity index (χ0n) is 40.4. The van der Waals surface area contributed by atoms with Crippen molar-refractivity contribution in [2.24, 2.45) is 0 Å². The van der Waals surface area contributed by atoms with Crippen molar-refractivity contribution in [1.29, 1.82) is 0 Å². The average molecular weight is 922 g/mol. The van der Waals surface area contributed by atoms with Crippen LogP contribution in [0.1, 0.15) is 168 Å². The number of phosphoric acid groups is 1. The van der Waals surface area contributed by atoms with Crippen molar-refractivity contribution in [3.63, 3.8) is 0 Å². The summed E-state index contributed by atoms with van der Waals surface area (Å²) in [6.07, 6.45) is 69.6. The Hall–Kier alpha value is -3.85. The van der Waals surface area contributed by atoms with Crippen LogP contribution in [0.4, 0.5) is 0 Å². The number of aliphatic hydroxyl groups is 1. The van der Waals surface area contributed by atoms with Crippen LogP contribution in [-0.2, 0) is 27.9 Å². The molecule has 0 aliphatic carbocycles. The third kappa shape index (κ3) is 51.0. The van der Waals surface area contributed by atoms with E-state index in [4.69, 9.17) is 13.8 Å². The summed E-state index contributed by atoms with van der Waals surface area (Å²) in [7, 11) is -4.45. The molecule has 10 heteroatoms. The van der Waals surface area contributed by atoms with Gasteiger partial charge in [0.15, 0.2) is 0 Å². The summed E-state index contributed by atoms with van der Waals surface area (Å²) in [5.41, 5.74) is 0. The highest BCUT2D eigenvalue weighted by Gasteiger charge is 2.23. The first-order chi connectivity index (χ1) is 31.8. The van der Waals surface area contributed by atoms with Gasteiger partial charge >= 0.3 is 13.8 Å². The summed E-state index contributed by atoms with van der Waals surface area (Å²) in [6, 6.07) is 0. The maximum absolute atomic E-state index is 12.1. The molecule has 0 aromatic heterocycles. The van der Waals surface area contributed by atoms with Crippen LogP contribution in [0.5, 0.6) is 0 Å². The molecular formula is C55H88NO8P. The van der Waals surface area contributed by atoms with Crippen molar-refractivity contribution in [3.8, 4) is 0 Å². The van der Waals surface area contributed by atoms with E-state index < -0.39 is 26.5 Å². The van der Waals surface area contributed by atoms with E-state index in [1.807, 2.05) is 0 Å². The minimum Gasteiger partial charge on any atom is -0.463 e. The SMILES string of the molecule is CC/C=C\C/C=C\C/C=C\C/C=C\C/C=C\C/C=C\CCCCC(=O)NCCOP(=O)(O)OCC(O)COC(=O)CCCCCCCCC/C=C\C/C=C\C/C=C\C/C=C\C/C=C\CC. The van der Waals surface area contributed by atoms with Crippen LogP contribution < -0.4 is 5.32 Å². The van der Waals surface area contributed by atoms with E-state index in [0.29, 0.717) is 12.8 Å². The van der Waals surface area contributed by atoms with Crippen LogP contribution in [0, 0.1) is 0 Å². The number of rotatable bonds is 44. The van der Waals surface area contributed by atoms with E-state index in [1.165, 1.54) is 19.3 Å². The summed E-state index contributed by atoms with van der Waals surface area (Å²) >= 11 is 0. The average Bonchev–Trinajstić information content (AvgIpc) is 3.29. The molecule has 2 atom stereocenters. The van der Waals surface area contributed by atoms with Gasteiger partial charge in [0.25, 0.3) is 0 Å². The molecule has 2 unspecified atom stereocenters. The Morgan fingerprint density at radius 3 is 1.26 bits per heavy atom. The molecule has 0 aromatic carbocycles. The summed E-state index contributed by atoms with van der Waals surface area (Å²) in [6.45, 7) is 3.24. The van der Waals surface area contributed by atoms with E-state index in [9.17, 15) is 24.2 Å². The molecule has 3 N–H and O–H groups in total. The first kappa shape index (κ1) is 61.1. The van der Waals surface area contributed by atoms with Gasteiger partial charge in [-0.2, -0.15) is 0 Å². The Kier molecular flexibility index (Phi) is 46.6. The number of esters is 1. The monoisotopic (exact) mass is 922 g/mol. The molecule has 0 saturated heterocycles. The third-order valence-electron chi connectivity index (χ3n) is 9.58. The largest absolute Gasteiger partial charge is 0.472 e. The third-order valence-corrected chi connectivity index (χ3v) is 10.6. The van der Waals surface area contributed by atoms with E-state index in [0.717, 1.165) is 116 Å². The van der Waals surface area contributed by atoms with Crippen LogP contribution in [0.2, 0.25) is 0 Å². The standard InChI is InChI=1S/C55H88NO8P/c1-3-5-7-9-11-13-15-17-19-21-23-25-26-28-30-32-34-36-38-40-42-44-46-48-55(59)62-51-53(57)52-64-65(60,61)63-50-49-56-54(58)47-45-43-41-39-37-35-33-31-29-27-24-22-20-18-16-14-12-10-8-6-4-2/h5-8,11-14,17-20,23-25,27-28,30-31,33,37,39,53,57H,3-4,9-10,15-16,21-22,26,29,32,34-36,38,40-52H2,1-2H3,(H,56,58)(H,60,61)/b7-5-,8-6-,13-11-,14-12-,19-17-,20-18-,25-23-,27-24-,30-28-,33-31-,39-37-. The first-order valence-electron chi connectivity index (χ1n) is 24.7. The lowest BCUT2D eigenvalue weighted by molar-refractivity contribution is -0.147. The highest BCUT2D eigenvalue weighted by Crippen LogP contribution is 2.42. The van der Waals surface area contributed by atoms with Crippen molar-refractivity contribution >= 4 is 19.7 Å². The van der Waals surface area contributed by atoms with Crippen molar-refractivity contribution < 1.29 is 37.9 Å². The Morgan fingerprint density at radius 1 is 0.477 bits per heavy atom. The molecule has 366 valence electrons. The molecule has 0 spiro atoms. The number of phosphoric ester groups is 1. The topological polar surface area (TPSA) is 131 Å². The van der Waals surface area contributed by atoms with Gasteiger partial charge in [0, 0.05) is 19.4 Å². The molecular weight excluding hydrogens is 834 g/mol. The Balaban J connectivity index is 3.71. The minimum atomic E-state index is -4.45. The van der Waals surface area contributed by atoms with Crippen LogP contribution in [0.15, 0.2) is 134 Å². The maximum atomic E-state index is 12.1. The predicted octanol–water partition coefficient (Wildman–Crippen LogP) is 14.7. The molecule has 65 heavy (non-hydrogen) atoms. The van der Waals surface area contributed by atoms with E-state index in [1.54, 1.807) is 0 Å². The number of aliphatic hydroxyl groups excluding tert-OH is 1. The first-order valence-corrected chi connectivity index (χ1v) is 26.2. The normalized spacial score (nSPS) is 14.3. The highest BCUT2D eigenvalue weighted by atomic mass is 31.2. The quantitative estimate of drug-likeness (QED) is 0.0238. The number of unbranched alkanes of at least 4 members (excludes halogenated alkanes) is 9. The number of hydrogen-bond acceptors (Lipinski definition) is 7. The number of carbonyl (C=O) groups excluding carboxylic acids is 2. The van der Waals surface area contributed by atoms with Crippen molar-refractivity contribution in [2.75, 3.05) is 26.4 Å². The predicted molar refractivity (Wildman–Crippen MR) is 274 cm³/mol. The number of carbonyl (C=O) groups is 2. The number of amides is 1. The fourth-order valence-electron chi connectivity index (χ4n) is 5.94. The molecule has 0 bridgehead atoms. The van der Waals surface area contributed by atoms with Gasteiger partial charge in [0.2, 0.25) is 5.91 Å². The zero-order chi connectivity index (χ0) is 47.4. The summed E-state index contributed by atoms with van der Waals surface area (Å²) in [4.78, 5) is 34.0. The van der Waals surface area contributed by atoms with Crippen molar-refractivity contribution in [2.45, 2.75) is 174 Å². The number of hydrogen-bond donors (Lipinski definition) is 3.